The van der Waals surface area contributed by atoms with Gasteiger partial charge in [-0.15, -0.1) is 6.58 Å². The van der Waals surface area contributed by atoms with E-state index >= 15 is 0 Å². The summed E-state index contributed by atoms with van der Waals surface area (Å²) in [5.41, 5.74) is 0.616. The molecular formula is C11H16N2O2. The SMILES string of the molecule is C=C[C@H](CO)NCC(O)c1ccccn1. The zero-order chi connectivity index (χ0) is 11.1. The molecule has 82 valence electrons. The summed E-state index contributed by atoms with van der Waals surface area (Å²) in [6.07, 6.45) is 2.57. The number of hydrogen-bond acceptors (Lipinski definition) is 4. The second-order valence-corrected chi connectivity index (χ2v) is 3.20. The van der Waals surface area contributed by atoms with Crippen molar-refractivity contribution in [3.05, 3.63) is 42.7 Å². The van der Waals surface area contributed by atoms with Gasteiger partial charge >= 0.3 is 0 Å². The van der Waals surface area contributed by atoms with Crippen LogP contribution in [0.4, 0.5) is 0 Å². The molecule has 15 heavy (non-hydrogen) atoms. The van der Waals surface area contributed by atoms with Gasteiger partial charge in [0.2, 0.25) is 0 Å². The average Bonchev–Trinajstić information content (AvgIpc) is 2.31. The van der Waals surface area contributed by atoms with Gasteiger partial charge in [-0.25, -0.2) is 0 Å². The predicted octanol–water partition coefficient (Wildman–Crippen LogP) is 0.251. The van der Waals surface area contributed by atoms with Crippen molar-refractivity contribution >= 4 is 0 Å². The lowest BCUT2D eigenvalue weighted by Crippen LogP contribution is -2.33. The van der Waals surface area contributed by atoms with Crippen molar-refractivity contribution < 1.29 is 10.2 Å². The second kappa shape index (κ2) is 6.29. The molecule has 4 nitrogen and oxygen atoms in total. The van der Waals surface area contributed by atoms with Gasteiger partial charge in [0.25, 0.3) is 0 Å². The topological polar surface area (TPSA) is 65.4 Å². The number of pyridine rings is 1. The van der Waals surface area contributed by atoms with Gasteiger partial charge in [0.05, 0.1) is 12.3 Å². The Kier molecular flexibility index (Phi) is 4.97. The Hall–Kier alpha value is -1.23. The van der Waals surface area contributed by atoms with Gasteiger partial charge in [-0.05, 0) is 12.1 Å². The fourth-order valence-electron chi connectivity index (χ4n) is 1.16. The molecule has 0 bridgehead atoms. The Labute approximate surface area is 89.3 Å². The van der Waals surface area contributed by atoms with Crippen molar-refractivity contribution in [2.45, 2.75) is 12.1 Å². The molecule has 0 fully saturated rings. The van der Waals surface area contributed by atoms with Crippen LogP contribution in [0.3, 0.4) is 0 Å². The van der Waals surface area contributed by atoms with Crippen LogP contribution in [-0.2, 0) is 0 Å². The number of nitrogens with one attached hydrogen (secondary N) is 1. The third kappa shape index (κ3) is 3.79. The summed E-state index contributed by atoms with van der Waals surface area (Å²) in [4.78, 5) is 4.03. The molecule has 4 heteroatoms. The average molecular weight is 208 g/mol. The van der Waals surface area contributed by atoms with Gasteiger partial charge in [0.1, 0.15) is 6.10 Å². The summed E-state index contributed by atoms with van der Waals surface area (Å²) in [5, 5.41) is 21.6. The summed E-state index contributed by atoms with van der Waals surface area (Å²) >= 11 is 0. The number of aliphatic hydroxyl groups is 2. The van der Waals surface area contributed by atoms with Crippen molar-refractivity contribution in [2.75, 3.05) is 13.2 Å². The quantitative estimate of drug-likeness (QED) is 0.586. The van der Waals surface area contributed by atoms with Gasteiger partial charge in [-0.2, -0.15) is 0 Å². The third-order valence-electron chi connectivity index (χ3n) is 2.08. The normalized spacial score (nSPS) is 14.5. The van der Waals surface area contributed by atoms with Crippen LogP contribution < -0.4 is 5.32 Å². The van der Waals surface area contributed by atoms with Crippen LogP contribution in [0, 0.1) is 0 Å². The molecule has 1 rings (SSSR count). The highest BCUT2D eigenvalue weighted by molar-refractivity contribution is 5.07. The van der Waals surface area contributed by atoms with Gasteiger partial charge in [0, 0.05) is 18.8 Å². The monoisotopic (exact) mass is 208 g/mol. The molecule has 1 unspecified atom stereocenters. The molecule has 0 aliphatic rings. The number of aromatic nitrogens is 1. The maximum Gasteiger partial charge on any atom is 0.108 e. The molecule has 0 spiro atoms. The van der Waals surface area contributed by atoms with Crippen LogP contribution in [0.25, 0.3) is 0 Å². The zero-order valence-electron chi connectivity index (χ0n) is 8.50. The number of aliphatic hydroxyl groups excluding tert-OH is 2. The van der Waals surface area contributed by atoms with E-state index in [0.717, 1.165) is 0 Å². The largest absolute Gasteiger partial charge is 0.394 e. The minimum atomic E-state index is -0.666. The second-order valence-electron chi connectivity index (χ2n) is 3.20. The maximum atomic E-state index is 9.72. The predicted molar refractivity (Wildman–Crippen MR) is 58.3 cm³/mol. The lowest BCUT2D eigenvalue weighted by molar-refractivity contribution is 0.160. The summed E-state index contributed by atoms with van der Waals surface area (Å²) < 4.78 is 0. The van der Waals surface area contributed by atoms with Crippen molar-refractivity contribution in [1.29, 1.82) is 0 Å². The van der Waals surface area contributed by atoms with E-state index < -0.39 is 6.10 Å². The molecular weight excluding hydrogens is 192 g/mol. The van der Waals surface area contributed by atoms with Crippen molar-refractivity contribution in [1.82, 2.24) is 10.3 Å². The number of rotatable bonds is 6. The molecule has 0 saturated carbocycles. The van der Waals surface area contributed by atoms with E-state index in [9.17, 15) is 5.11 Å². The van der Waals surface area contributed by atoms with Gasteiger partial charge < -0.3 is 15.5 Å². The minimum Gasteiger partial charge on any atom is -0.394 e. The third-order valence-corrected chi connectivity index (χ3v) is 2.08. The fraction of sp³-hybridized carbons (Fsp3) is 0.364. The summed E-state index contributed by atoms with van der Waals surface area (Å²) in [5.74, 6) is 0. The summed E-state index contributed by atoms with van der Waals surface area (Å²) in [6, 6.07) is 5.18. The first-order valence-electron chi connectivity index (χ1n) is 4.83. The van der Waals surface area contributed by atoms with Crippen LogP contribution in [-0.4, -0.2) is 34.4 Å². The van der Waals surface area contributed by atoms with Gasteiger partial charge in [-0.3, -0.25) is 4.98 Å². The standard InChI is InChI=1S/C11H16N2O2/c1-2-9(8-14)13-7-11(15)10-5-3-4-6-12-10/h2-6,9,11,13-15H,1,7-8H2/t9-,11?/m1/s1. The van der Waals surface area contributed by atoms with Crippen LogP contribution in [0.15, 0.2) is 37.1 Å². The highest BCUT2D eigenvalue weighted by Crippen LogP contribution is 2.07. The zero-order valence-corrected chi connectivity index (χ0v) is 8.50. The minimum absolute atomic E-state index is 0.0293. The molecule has 1 aromatic heterocycles. The molecule has 0 saturated heterocycles. The highest BCUT2D eigenvalue weighted by atomic mass is 16.3. The van der Waals surface area contributed by atoms with E-state index in [4.69, 9.17) is 5.11 Å². The van der Waals surface area contributed by atoms with Crippen molar-refractivity contribution in [3.63, 3.8) is 0 Å². The van der Waals surface area contributed by atoms with E-state index in [2.05, 4.69) is 16.9 Å². The van der Waals surface area contributed by atoms with Crippen LogP contribution in [0.5, 0.6) is 0 Å². The molecule has 3 N–H and O–H groups in total. The molecule has 1 aromatic rings. The summed E-state index contributed by atoms with van der Waals surface area (Å²) in [7, 11) is 0. The molecule has 0 aliphatic heterocycles. The molecule has 0 radical (unpaired) electrons. The van der Waals surface area contributed by atoms with E-state index in [0.29, 0.717) is 12.2 Å². The Morgan fingerprint density at radius 1 is 1.53 bits per heavy atom. The number of nitrogens with zero attached hydrogens (tertiary/aromatic N) is 1. The maximum absolute atomic E-state index is 9.72. The van der Waals surface area contributed by atoms with E-state index in [1.165, 1.54) is 0 Å². The van der Waals surface area contributed by atoms with Gasteiger partial charge in [-0.1, -0.05) is 12.1 Å². The Morgan fingerprint density at radius 2 is 2.33 bits per heavy atom. The fourth-order valence-corrected chi connectivity index (χ4v) is 1.16. The van der Waals surface area contributed by atoms with Crippen molar-refractivity contribution in [2.24, 2.45) is 0 Å². The molecule has 2 atom stereocenters. The van der Waals surface area contributed by atoms with E-state index in [1.54, 1.807) is 24.4 Å². The molecule has 1 heterocycles. The summed E-state index contributed by atoms with van der Waals surface area (Å²) in [6.45, 7) is 3.87. The van der Waals surface area contributed by atoms with E-state index in [-0.39, 0.29) is 12.6 Å². The van der Waals surface area contributed by atoms with Crippen LogP contribution in [0.2, 0.25) is 0 Å². The Bertz CT molecular complexity index is 290. The molecule has 0 amide bonds. The molecule has 0 aliphatic carbocycles. The Balaban J connectivity index is 2.42. The Morgan fingerprint density at radius 3 is 2.87 bits per heavy atom. The van der Waals surface area contributed by atoms with Crippen LogP contribution >= 0.6 is 0 Å². The van der Waals surface area contributed by atoms with Crippen LogP contribution in [0.1, 0.15) is 11.8 Å². The van der Waals surface area contributed by atoms with Crippen molar-refractivity contribution in [3.8, 4) is 0 Å². The number of hydrogen-bond donors (Lipinski definition) is 3. The first-order chi connectivity index (χ1) is 7.27. The van der Waals surface area contributed by atoms with E-state index in [1.807, 2.05) is 6.07 Å². The first kappa shape index (κ1) is 11.8. The smallest absolute Gasteiger partial charge is 0.108 e. The highest BCUT2D eigenvalue weighted by Gasteiger charge is 2.09. The lowest BCUT2D eigenvalue weighted by atomic mass is 10.2. The molecule has 0 aromatic carbocycles. The first-order valence-corrected chi connectivity index (χ1v) is 4.83. The lowest BCUT2D eigenvalue weighted by Gasteiger charge is -2.15. The van der Waals surface area contributed by atoms with Gasteiger partial charge in [0.15, 0.2) is 0 Å².